The van der Waals surface area contributed by atoms with Gasteiger partial charge in [0.25, 0.3) is 11.8 Å². The molecule has 2 aromatic rings. The Labute approximate surface area is 141 Å². The van der Waals surface area contributed by atoms with E-state index in [4.69, 9.17) is 0 Å². The zero-order valence-corrected chi connectivity index (χ0v) is 13.5. The molecular weight excluding hydrogens is 334 g/mol. The van der Waals surface area contributed by atoms with Gasteiger partial charge in [-0.15, -0.1) is 5.10 Å². The Morgan fingerprint density at radius 2 is 1.83 bits per heavy atom. The van der Waals surface area contributed by atoms with Crippen molar-refractivity contribution in [2.45, 2.75) is 6.42 Å². The average Bonchev–Trinajstić information content (AvgIpc) is 3.31. The maximum atomic E-state index is 12.6. The highest BCUT2D eigenvalue weighted by molar-refractivity contribution is 7.03. The van der Waals surface area contributed by atoms with Crippen LogP contribution in [-0.4, -0.2) is 62.6 Å². The van der Waals surface area contributed by atoms with Gasteiger partial charge < -0.3 is 4.74 Å². The molecule has 1 aliphatic heterocycles. The average molecular weight is 347 g/mol. The molecule has 2 amide bonds. The van der Waals surface area contributed by atoms with Gasteiger partial charge in [-0.2, -0.15) is 0 Å². The van der Waals surface area contributed by atoms with Crippen LogP contribution < -0.4 is 0 Å². The van der Waals surface area contributed by atoms with Gasteiger partial charge in [-0.05, 0) is 30.1 Å². The molecule has 0 saturated carbocycles. The van der Waals surface area contributed by atoms with Crippen LogP contribution in [0.1, 0.15) is 37.8 Å². The summed E-state index contributed by atoms with van der Waals surface area (Å²) in [5.74, 6) is -1.32. The van der Waals surface area contributed by atoms with Crippen LogP contribution >= 0.6 is 11.5 Å². The molecule has 1 saturated heterocycles. The summed E-state index contributed by atoms with van der Waals surface area (Å²) < 4.78 is 8.25. The van der Waals surface area contributed by atoms with Crippen molar-refractivity contribution >= 4 is 29.3 Å². The van der Waals surface area contributed by atoms with Gasteiger partial charge in [0.1, 0.15) is 5.69 Å². The summed E-state index contributed by atoms with van der Waals surface area (Å²) in [6.45, 7) is 0.824. The van der Waals surface area contributed by atoms with E-state index in [1.54, 1.807) is 0 Å². The number of hydrogen-bond donors (Lipinski definition) is 0. The Balaban J connectivity index is 1.78. The molecule has 0 aliphatic carbocycles. The van der Waals surface area contributed by atoms with Crippen LogP contribution in [-0.2, 0) is 4.74 Å². The first-order valence-corrected chi connectivity index (χ1v) is 7.90. The van der Waals surface area contributed by atoms with E-state index in [1.807, 2.05) is 0 Å². The number of aromatic nitrogens is 3. The lowest BCUT2D eigenvalue weighted by molar-refractivity contribution is 0.0178. The molecule has 24 heavy (non-hydrogen) atoms. The van der Waals surface area contributed by atoms with Gasteiger partial charge in [0, 0.05) is 24.7 Å². The van der Waals surface area contributed by atoms with E-state index in [1.165, 1.54) is 40.8 Å². The Morgan fingerprint density at radius 3 is 2.38 bits per heavy atom. The van der Waals surface area contributed by atoms with Crippen molar-refractivity contribution in [2.75, 3.05) is 20.2 Å². The van der Waals surface area contributed by atoms with Gasteiger partial charge in [0.05, 0.1) is 12.7 Å². The van der Waals surface area contributed by atoms with Crippen molar-refractivity contribution in [1.29, 1.82) is 0 Å². The number of nitrogens with zero attached hydrogens (tertiary/aromatic N) is 5. The van der Waals surface area contributed by atoms with Gasteiger partial charge >= 0.3 is 5.97 Å². The molecule has 3 rings (SSSR count). The highest BCUT2D eigenvalue weighted by Gasteiger charge is 2.33. The molecule has 0 bridgehead atoms. The second-order valence-corrected chi connectivity index (χ2v) is 5.53. The lowest BCUT2D eigenvalue weighted by Gasteiger charge is -2.26. The number of esters is 1. The molecular formula is C14H13N5O4S. The number of carbonyl (C=O) groups excluding carboxylic acids is 3. The number of ether oxygens (including phenoxy) is 1. The van der Waals surface area contributed by atoms with Crippen molar-refractivity contribution in [1.82, 2.24) is 24.6 Å². The molecule has 1 aliphatic rings. The van der Waals surface area contributed by atoms with Gasteiger partial charge in [-0.1, -0.05) is 4.49 Å². The monoisotopic (exact) mass is 347 g/mol. The summed E-state index contributed by atoms with van der Waals surface area (Å²) in [4.78, 5) is 40.4. The van der Waals surface area contributed by atoms with Crippen LogP contribution in [0.2, 0.25) is 0 Å². The molecule has 3 heterocycles. The fourth-order valence-electron chi connectivity index (χ4n) is 2.32. The zero-order valence-electron chi connectivity index (χ0n) is 12.7. The highest BCUT2D eigenvalue weighted by Crippen LogP contribution is 2.17. The summed E-state index contributed by atoms with van der Waals surface area (Å²) >= 11 is 1.07. The van der Waals surface area contributed by atoms with Crippen molar-refractivity contribution < 1.29 is 19.1 Å². The lowest BCUT2D eigenvalue weighted by atomic mass is 10.2. The number of rotatable bonds is 3. The molecule has 0 atom stereocenters. The van der Waals surface area contributed by atoms with Gasteiger partial charge in [0.2, 0.25) is 0 Å². The molecule has 10 heteroatoms. The van der Waals surface area contributed by atoms with Crippen molar-refractivity contribution in [3.63, 3.8) is 0 Å². The number of carbonyl (C=O) groups is 3. The first kappa shape index (κ1) is 16.0. The number of amides is 2. The molecule has 1 fully saturated rings. The zero-order chi connectivity index (χ0) is 17.1. The fourth-order valence-corrected chi connectivity index (χ4v) is 2.75. The van der Waals surface area contributed by atoms with E-state index in [2.05, 4.69) is 19.3 Å². The van der Waals surface area contributed by atoms with Crippen LogP contribution in [0.15, 0.2) is 23.7 Å². The topological polar surface area (TPSA) is 106 Å². The first-order chi connectivity index (χ1) is 11.6. The van der Waals surface area contributed by atoms with Crippen LogP contribution in [0.3, 0.4) is 0 Å². The third kappa shape index (κ3) is 2.95. The Kier molecular flexibility index (Phi) is 4.47. The smallest absolute Gasteiger partial charge is 0.339 e. The van der Waals surface area contributed by atoms with Crippen LogP contribution in [0.25, 0.3) is 0 Å². The van der Waals surface area contributed by atoms with Crippen molar-refractivity contribution in [2.24, 2.45) is 0 Å². The molecule has 2 aromatic heterocycles. The summed E-state index contributed by atoms with van der Waals surface area (Å²) in [5.41, 5.74) is 0.587. The molecule has 0 aromatic carbocycles. The highest BCUT2D eigenvalue weighted by atomic mass is 32.1. The SMILES string of the molecule is COC(=O)c1ccc(C(=O)N2CCCN2C(=O)c2csnn2)nc1. The van der Waals surface area contributed by atoms with E-state index >= 15 is 0 Å². The van der Waals surface area contributed by atoms with E-state index in [0.29, 0.717) is 19.5 Å². The third-order valence-corrected chi connectivity index (χ3v) is 3.99. The van der Waals surface area contributed by atoms with Crippen LogP contribution in [0.5, 0.6) is 0 Å². The summed E-state index contributed by atoms with van der Waals surface area (Å²) in [5, 5.41) is 7.95. The largest absolute Gasteiger partial charge is 0.465 e. The predicted molar refractivity (Wildman–Crippen MR) is 82.2 cm³/mol. The van der Waals surface area contributed by atoms with E-state index in [0.717, 1.165) is 11.5 Å². The van der Waals surface area contributed by atoms with Gasteiger partial charge in [-0.25, -0.2) is 14.8 Å². The quantitative estimate of drug-likeness (QED) is 0.749. The van der Waals surface area contributed by atoms with Crippen LogP contribution in [0, 0.1) is 0 Å². The molecule has 0 N–H and O–H groups in total. The van der Waals surface area contributed by atoms with Crippen molar-refractivity contribution in [3.05, 3.63) is 40.7 Å². The minimum Gasteiger partial charge on any atom is -0.465 e. The molecule has 0 spiro atoms. The third-order valence-electron chi connectivity index (χ3n) is 3.48. The summed E-state index contributed by atoms with van der Waals surface area (Å²) in [6, 6.07) is 2.89. The lowest BCUT2D eigenvalue weighted by Crippen LogP contribution is -2.45. The number of hydrogen-bond acceptors (Lipinski definition) is 8. The van der Waals surface area contributed by atoms with Gasteiger partial charge in [-0.3, -0.25) is 14.6 Å². The predicted octanol–water partition coefficient (Wildman–Crippen LogP) is 0.623. The maximum Gasteiger partial charge on any atom is 0.339 e. The first-order valence-electron chi connectivity index (χ1n) is 7.07. The Hall–Kier alpha value is -2.88. The number of methoxy groups -OCH3 is 1. The Morgan fingerprint density at radius 1 is 1.12 bits per heavy atom. The van der Waals surface area contributed by atoms with Gasteiger partial charge in [0.15, 0.2) is 5.69 Å². The molecule has 0 radical (unpaired) electrons. The van der Waals surface area contributed by atoms with E-state index in [-0.39, 0.29) is 22.9 Å². The minimum absolute atomic E-state index is 0.138. The van der Waals surface area contributed by atoms with Crippen molar-refractivity contribution in [3.8, 4) is 0 Å². The second kappa shape index (κ2) is 6.71. The fraction of sp³-hybridized carbons (Fsp3) is 0.286. The normalized spacial score (nSPS) is 13.9. The summed E-state index contributed by atoms with van der Waals surface area (Å²) in [7, 11) is 1.27. The molecule has 9 nitrogen and oxygen atoms in total. The second-order valence-electron chi connectivity index (χ2n) is 4.92. The van der Waals surface area contributed by atoms with Crippen LogP contribution in [0.4, 0.5) is 0 Å². The maximum absolute atomic E-state index is 12.6. The number of pyridine rings is 1. The van der Waals surface area contributed by atoms with E-state index in [9.17, 15) is 14.4 Å². The molecule has 124 valence electrons. The molecule has 0 unspecified atom stereocenters. The summed E-state index contributed by atoms with van der Waals surface area (Å²) in [6.07, 6.45) is 1.93. The van der Waals surface area contributed by atoms with E-state index < -0.39 is 11.9 Å². The number of hydrazine groups is 1. The Bertz CT molecular complexity index is 762. The minimum atomic E-state index is -0.532. The standard InChI is InChI=1S/C14H13N5O4S/c1-23-14(22)9-3-4-10(15-7-9)12(20)18-5-2-6-19(18)13(21)11-8-24-17-16-11/h3-4,7-8H,2,5-6H2,1H3.